The Kier molecular flexibility index (Phi) is 8.76. The first-order valence-electron chi connectivity index (χ1n) is 12.7. The second kappa shape index (κ2) is 12.0. The van der Waals surface area contributed by atoms with Gasteiger partial charge in [0.2, 0.25) is 0 Å². The molecular weight excluding hydrogens is 497 g/mol. The average molecular weight is 533 g/mol. The highest BCUT2D eigenvalue weighted by atomic mass is 19.4. The summed E-state index contributed by atoms with van der Waals surface area (Å²) in [6.07, 6.45) is -0.759. The molecule has 0 spiro atoms. The molecule has 2 aromatic carbocycles. The normalized spacial score (nSPS) is 20.6. The van der Waals surface area contributed by atoms with Gasteiger partial charge < -0.3 is 29.2 Å². The molecule has 1 aliphatic carbocycles. The number of rotatable bonds is 9. The van der Waals surface area contributed by atoms with Gasteiger partial charge in [-0.15, -0.1) is 13.2 Å². The average Bonchev–Trinajstić information content (AvgIpc) is 2.91. The summed E-state index contributed by atoms with van der Waals surface area (Å²) < 4.78 is 58.9. The quantitative estimate of drug-likeness (QED) is 0.421. The molecule has 2 aliphatic rings. The Morgan fingerprint density at radius 3 is 2.26 bits per heavy atom. The molecule has 1 heterocycles. The van der Waals surface area contributed by atoms with E-state index >= 15 is 0 Å². The summed E-state index contributed by atoms with van der Waals surface area (Å²) in [6, 6.07) is 14.8. The van der Waals surface area contributed by atoms with Crippen molar-refractivity contribution in [2.45, 2.75) is 44.6 Å². The van der Waals surface area contributed by atoms with Gasteiger partial charge in [-0.2, -0.15) is 0 Å². The second-order valence-corrected chi connectivity index (χ2v) is 9.55. The smallest absolute Gasteiger partial charge is 0.497 e. The number of piperidine rings is 1. The van der Waals surface area contributed by atoms with Crippen LogP contribution in [0, 0.1) is 5.92 Å². The van der Waals surface area contributed by atoms with Crippen LogP contribution < -0.4 is 15.0 Å². The molecule has 2 atom stereocenters. The van der Waals surface area contributed by atoms with Crippen LogP contribution in [0.2, 0.25) is 0 Å². The summed E-state index contributed by atoms with van der Waals surface area (Å²) in [7, 11) is 4.86. The van der Waals surface area contributed by atoms with Crippen molar-refractivity contribution < 1.29 is 32.1 Å². The first-order valence-corrected chi connectivity index (χ1v) is 12.7. The number of methoxy groups -OCH3 is 3. The lowest BCUT2D eigenvalue weighted by Crippen LogP contribution is -2.43. The number of hydrogen-bond donors (Lipinski definition) is 1. The van der Waals surface area contributed by atoms with Gasteiger partial charge in [0.05, 0.1) is 21.3 Å². The van der Waals surface area contributed by atoms with Gasteiger partial charge in [0.15, 0.2) is 11.5 Å². The van der Waals surface area contributed by atoms with Crippen molar-refractivity contribution in [2.75, 3.05) is 39.3 Å². The van der Waals surface area contributed by atoms with Crippen molar-refractivity contribution in [3.05, 3.63) is 83.0 Å². The second-order valence-electron chi connectivity index (χ2n) is 9.55. The van der Waals surface area contributed by atoms with Crippen LogP contribution >= 0.6 is 0 Å². The third-order valence-corrected chi connectivity index (χ3v) is 7.21. The standard InChI is InChI=1S/C29H35F3N2O4/c1-19-25(17-26(35-2)28(37-4)27(19)36-3)21-7-5-6-20(16-21)18-34(23-12-14-33-15-13-23)22-8-10-24(11-9-22)38-29(30,31)32/h5-11,16-17,19,23,25,33H,12-15,18H2,1-4H3. The molecule has 6 nitrogen and oxygen atoms in total. The van der Waals surface area contributed by atoms with E-state index in [9.17, 15) is 13.2 Å². The van der Waals surface area contributed by atoms with Crippen molar-refractivity contribution in [1.82, 2.24) is 5.32 Å². The molecule has 38 heavy (non-hydrogen) atoms. The lowest BCUT2D eigenvalue weighted by molar-refractivity contribution is -0.274. The van der Waals surface area contributed by atoms with E-state index in [-0.39, 0.29) is 23.6 Å². The molecule has 2 unspecified atom stereocenters. The molecular formula is C29H35F3N2O4. The fourth-order valence-electron chi connectivity index (χ4n) is 5.38. The number of benzene rings is 2. The van der Waals surface area contributed by atoms with Crippen LogP contribution in [-0.2, 0) is 20.8 Å². The number of alkyl halides is 3. The Morgan fingerprint density at radius 1 is 0.947 bits per heavy atom. The fourth-order valence-corrected chi connectivity index (χ4v) is 5.38. The van der Waals surface area contributed by atoms with E-state index in [4.69, 9.17) is 14.2 Å². The molecule has 9 heteroatoms. The van der Waals surface area contributed by atoms with Crippen LogP contribution in [0.15, 0.2) is 71.9 Å². The summed E-state index contributed by atoms with van der Waals surface area (Å²) >= 11 is 0. The van der Waals surface area contributed by atoms with Gasteiger partial charge in [0.1, 0.15) is 11.5 Å². The van der Waals surface area contributed by atoms with Crippen LogP contribution in [0.3, 0.4) is 0 Å². The molecule has 0 amide bonds. The number of anilines is 1. The maximum Gasteiger partial charge on any atom is 0.573 e. The Labute approximate surface area is 222 Å². The molecule has 4 rings (SSSR count). The minimum atomic E-state index is -4.72. The van der Waals surface area contributed by atoms with Gasteiger partial charge in [-0.3, -0.25) is 0 Å². The lowest BCUT2D eigenvalue weighted by atomic mass is 9.81. The molecule has 0 aromatic heterocycles. The Bertz CT molecular complexity index is 1140. The SMILES string of the molecule is COC1=CC(c2cccc(CN(c3ccc(OC(F)(F)F)cc3)C3CCNCC3)c2)C(C)C(OC)=C1OC. The van der Waals surface area contributed by atoms with Crippen LogP contribution in [-0.4, -0.2) is 46.8 Å². The summed E-state index contributed by atoms with van der Waals surface area (Å²) in [5.74, 6) is 1.80. The highest BCUT2D eigenvalue weighted by Gasteiger charge is 2.33. The van der Waals surface area contributed by atoms with Gasteiger partial charge in [-0.25, -0.2) is 0 Å². The van der Waals surface area contributed by atoms with Gasteiger partial charge in [-0.1, -0.05) is 31.2 Å². The Morgan fingerprint density at radius 2 is 1.66 bits per heavy atom. The molecule has 0 bridgehead atoms. The molecule has 1 N–H and O–H groups in total. The van der Waals surface area contributed by atoms with Crippen molar-refractivity contribution in [2.24, 2.45) is 5.92 Å². The van der Waals surface area contributed by atoms with Gasteiger partial charge >= 0.3 is 6.36 Å². The molecule has 0 saturated carbocycles. The van der Waals surface area contributed by atoms with E-state index in [1.165, 1.54) is 12.1 Å². The monoisotopic (exact) mass is 532 g/mol. The fraction of sp³-hybridized carbons (Fsp3) is 0.448. The summed E-state index contributed by atoms with van der Waals surface area (Å²) in [5, 5.41) is 3.39. The zero-order chi connectivity index (χ0) is 27.3. The molecule has 0 radical (unpaired) electrons. The van der Waals surface area contributed by atoms with Crippen molar-refractivity contribution in [3.8, 4) is 5.75 Å². The minimum Gasteiger partial charge on any atom is -0.497 e. The van der Waals surface area contributed by atoms with Crippen molar-refractivity contribution >= 4 is 5.69 Å². The van der Waals surface area contributed by atoms with E-state index in [0.717, 1.165) is 48.5 Å². The van der Waals surface area contributed by atoms with Crippen LogP contribution in [0.4, 0.5) is 18.9 Å². The highest BCUT2D eigenvalue weighted by molar-refractivity contribution is 5.51. The zero-order valence-corrected chi connectivity index (χ0v) is 22.2. The van der Waals surface area contributed by atoms with Crippen molar-refractivity contribution in [1.29, 1.82) is 0 Å². The van der Waals surface area contributed by atoms with Crippen molar-refractivity contribution in [3.63, 3.8) is 0 Å². The first-order chi connectivity index (χ1) is 18.2. The molecule has 2 aromatic rings. The van der Waals surface area contributed by atoms with Gasteiger partial charge in [0, 0.05) is 30.1 Å². The van der Waals surface area contributed by atoms with E-state index < -0.39 is 6.36 Å². The number of nitrogens with one attached hydrogen (secondary N) is 1. The number of hydrogen-bond acceptors (Lipinski definition) is 6. The zero-order valence-electron chi connectivity index (χ0n) is 22.2. The number of allylic oxidation sites excluding steroid dienone is 2. The summed E-state index contributed by atoms with van der Waals surface area (Å²) in [5.41, 5.74) is 3.09. The van der Waals surface area contributed by atoms with E-state index in [0.29, 0.717) is 18.1 Å². The summed E-state index contributed by atoms with van der Waals surface area (Å²) in [6.45, 7) is 4.52. The third kappa shape index (κ3) is 6.38. The maximum atomic E-state index is 12.7. The van der Waals surface area contributed by atoms with E-state index in [1.54, 1.807) is 33.5 Å². The lowest BCUT2D eigenvalue weighted by Gasteiger charge is -2.37. The Hall–Kier alpha value is -3.33. The number of ether oxygens (including phenoxy) is 4. The maximum absolute atomic E-state index is 12.7. The number of nitrogens with zero attached hydrogens (tertiary/aromatic N) is 1. The Balaban J connectivity index is 1.62. The largest absolute Gasteiger partial charge is 0.573 e. The molecule has 1 aliphatic heterocycles. The molecule has 1 saturated heterocycles. The molecule has 206 valence electrons. The number of halogens is 3. The topological polar surface area (TPSA) is 52.2 Å². The predicted molar refractivity (Wildman–Crippen MR) is 140 cm³/mol. The van der Waals surface area contributed by atoms with Gasteiger partial charge in [0.25, 0.3) is 0 Å². The third-order valence-electron chi connectivity index (χ3n) is 7.21. The van der Waals surface area contributed by atoms with E-state index in [2.05, 4.69) is 46.2 Å². The highest BCUT2D eigenvalue weighted by Crippen LogP contribution is 2.41. The predicted octanol–water partition coefficient (Wildman–Crippen LogP) is 6.11. The summed E-state index contributed by atoms with van der Waals surface area (Å²) in [4.78, 5) is 2.28. The van der Waals surface area contributed by atoms with E-state index in [1.807, 2.05) is 6.07 Å². The minimum absolute atomic E-state index is 0.0184. The van der Waals surface area contributed by atoms with Crippen LogP contribution in [0.1, 0.15) is 36.8 Å². The van der Waals surface area contributed by atoms with Crippen LogP contribution in [0.5, 0.6) is 5.75 Å². The first kappa shape index (κ1) is 27.7. The van der Waals surface area contributed by atoms with Crippen LogP contribution in [0.25, 0.3) is 0 Å². The van der Waals surface area contributed by atoms with Gasteiger partial charge in [-0.05, 0) is 67.4 Å². The molecule has 1 fully saturated rings.